The van der Waals surface area contributed by atoms with Crippen LogP contribution in [-0.4, -0.2) is 36.3 Å². The SMILES string of the molecule is C#C.COc1ccc(Sc2ccc3c(c2)CCC3N2CN(C3CCCCC3)C2)cc1. The quantitative estimate of drug-likeness (QED) is 0.555. The van der Waals surface area contributed by atoms with E-state index >= 15 is 0 Å². The molecule has 0 N–H and O–H groups in total. The van der Waals surface area contributed by atoms with Crippen LogP contribution in [0.2, 0.25) is 0 Å². The number of rotatable bonds is 5. The van der Waals surface area contributed by atoms with Crippen molar-refractivity contribution < 1.29 is 4.74 Å². The minimum absolute atomic E-state index is 0.634. The van der Waals surface area contributed by atoms with Gasteiger partial charge in [-0.3, -0.25) is 9.80 Å². The second-order valence-electron chi connectivity index (χ2n) is 8.44. The summed E-state index contributed by atoms with van der Waals surface area (Å²) in [6, 6.07) is 17.0. The van der Waals surface area contributed by atoms with Gasteiger partial charge in [-0.15, -0.1) is 12.8 Å². The van der Waals surface area contributed by atoms with Crippen molar-refractivity contribution in [1.29, 1.82) is 0 Å². The highest BCUT2D eigenvalue weighted by Gasteiger charge is 2.38. The summed E-state index contributed by atoms with van der Waals surface area (Å²) < 4.78 is 5.26. The summed E-state index contributed by atoms with van der Waals surface area (Å²) in [7, 11) is 1.71. The van der Waals surface area contributed by atoms with E-state index in [1.807, 2.05) is 23.9 Å². The molecule has 1 atom stereocenters. The zero-order valence-corrected chi connectivity index (χ0v) is 18.7. The Morgan fingerprint density at radius 2 is 1.57 bits per heavy atom. The van der Waals surface area contributed by atoms with Crippen molar-refractivity contribution in [2.75, 3.05) is 20.4 Å². The number of ether oxygens (including phenoxy) is 1. The lowest BCUT2D eigenvalue weighted by Gasteiger charge is -2.50. The van der Waals surface area contributed by atoms with E-state index in [1.165, 1.54) is 68.1 Å². The second kappa shape index (κ2) is 9.92. The van der Waals surface area contributed by atoms with Crippen molar-refractivity contribution in [3.8, 4) is 18.6 Å². The predicted octanol–water partition coefficient (Wildman–Crippen LogP) is 5.95. The van der Waals surface area contributed by atoms with Crippen LogP contribution in [0.5, 0.6) is 5.75 Å². The van der Waals surface area contributed by atoms with Crippen molar-refractivity contribution in [1.82, 2.24) is 9.80 Å². The second-order valence-corrected chi connectivity index (χ2v) is 9.59. The maximum Gasteiger partial charge on any atom is 0.118 e. The van der Waals surface area contributed by atoms with Gasteiger partial charge in [0.05, 0.1) is 20.4 Å². The number of aryl methyl sites for hydroxylation is 1. The standard InChI is InChI=1S/C24H30N2OS.C2H2/c1-27-20-8-10-21(11-9-20)28-22-12-13-23-18(15-22)7-14-24(23)26-16-25(17-26)19-5-3-2-4-6-19;1-2/h8-13,15,19,24H,2-7,14,16-17H2,1H3;1-2H. The third-order valence-corrected chi connectivity index (χ3v) is 7.71. The molecule has 2 aliphatic carbocycles. The highest BCUT2D eigenvalue weighted by atomic mass is 32.2. The van der Waals surface area contributed by atoms with Crippen LogP contribution in [0.15, 0.2) is 52.3 Å². The molecule has 0 radical (unpaired) electrons. The molecular weight excluding hydrogens is 388 g/mol. The normalized spacial score (nSPS) is 21.9. The molecule has 158 valence electrons. The molecule has 0 bridgehead atoms. The summed E-state index contributed by atoms with van der Waals surface area (Å²) in [5.41, 5.74) is 3.13. The molecule has 2 aromatic rings. The van der Waals surface area contributed by atoms with Gasteiger partial charge in [-0.1, -0.05) is 37.1 Å². The molecule has 3 aliphatic rings. The molecule has 4 heteroatoms. The third kappa shape index (κ3) is 4.54. The van der Waals surface area contributed by atoms with Gasteiger partial charge in [0, 0.05) is 21.9 Å². The Morgan fingerprint density at radius 3 is 2.27 bits per heavy atom. The van der Waals surface area contributed by atoms with E-state index in [0.29, 0.717) is 6.04 Å². The molecule has 1 heterocycles. The molecule has 0 spiro atoms. The zero-order valence-electron chi connectivity index (χ0n) is 17.9. The fourth-order valence-corrected chi connectivity index (χ4v) is 5.98. The smallest absolute Gasteiger partial charge is 0.118 e. The molecule has 1 saturated carbocycles. The van der Waals surface area contributed by atoms with Crippen LogP contribution in [0.1, 0.15) is 55.7 Å². The Balaban J connectivity index is 0.00000106. The summed E-state index contributed by atoms with van der Waals surface area (Å²) in [5, 5.41) is 0. The molecule has 2 aromatic carbocycles. The third-order valence-electron chi connectivity index (χ3n) is 6.71. The fourth-order valence-electron chi connectivity index (χ4n) is 5.09. The summed E-state index contributed by atoms with van der Waals surface area (Å²) in [6.07, 6.45) is 17.6. The van der Waals surface area contributed by atoms with Crippen molar-refractivity contribution in [2.24, 2.45) is 0 Å². The number of benzene rings is 2. The summed E-state index contributed by atoms with van der Waals surface area (Å²) >= 11 is 1.84. The van der Waals surface area contributed by atoms with Gasteiger partial charge in [-0.25, -0.2) is 0 Å². The lowest BCUT2D eigenvalue weighted by atomic mass is 9.93. The Hall–Kier alpha value is -1.93. The monoisotopic (exact) mass is 420 g/mol. The average Bonchev–Trinajstić information content (AvgIpc) is 3.18. The van der Waals surface area contributed by atoms with Crippen LogP contribution < -0.4 is 4.74 Å². The number of fused-ring (bicyclic) bond motifs is 1. The van der Waals surface area contributed by atoms with E-state index < -0.39 is 0 Å². The van der Waals surface area contributed by atoms with Crippen LogP contribution in [-0.2, 0) is 6.42 Å². The Bertz CT molecular complexity index is 851. The van der Waals surface area contributed by atoms with Crippen LogP contribution in [0, 0.1) is 12.8 Å². The van der Waals surface area contributed by atoms with Crippen LogP contribution >= 0.6 is 11.8 Å². The van der Waals surface area contributed by atoms with Gasteiger partial charge in [0.25, 0.3) is 0 Å². The lowest BCUT2D eigenvalue weighted by molar-refractivity contribution is -0.0936. The molecule has 5 rings (SSSR count). The zero-order chi connectivity index (χ0) is 20.9. The van der Waals surface area contributed by atoms with E-state index in [2.05, 4.69) is 53.0 Å². The Morgan fingerprint density at radius 1 is 0.867 bits per heavy atom. The minimum Gasteiger partial charge on any atom is -0.497 e. The maximum atomic E-state index is 5.26. The predicted molar refractivity (Wildman–Crippen MR) is 125 cm³/mol. The first-order chi connectivity index (χ1) is 14.8. The number of terminal acetylenes is 1. The molecule has 1 aliphatic heterocycles. The van der Waals surface area contributed by atoms with E-state index in [4.69, 9.17) is 4.74 Å². The van der Waals surface area contributed by atoms with Crippen molar-refractivity contribution >= 4 is 11.8 Å². The number of hydrogen-bond donors (Lipinski definition) is 0. The molecule has 0 amide bonds. The lowest BCUT2D eigenvalue weighted by Crippen LogP contribution is -2.59. The first-order valence-corrected chi connectivity index (χ1v) is 11.9. The topological polar surface area (TPSA) is 15.7 Å². The van der Waals surface area contributed by atoms with E-state index in [-0.39, 0.29) is 0 Å². The fraction of sp³-hybridized carbons (Fsp3) is 0.462. The molecule has 30 heavy (non-hydrogen) atoms. The number of methoxy groups -OCH3 is 1. The van der Waals surface area contributed by atoms with Gasteiger partial charge in [-0.05, 0) is 73.2 Å². The van der Waals surface area contributed by atoms with E-state index in [1.54, 1.807) is 18.2 Å². The van der Waals surface area contributed by atoms with Gasteiger partial charge in [-0.2, -0.15) is 0 Å². The molecule has 1 unspecified atom stereocenters. The Kier molecular flexibility index (Phi) is 7.04. The molecular formula is C26H32N2OS. The van der Waals surface area contributed by atoms with Gasteiger partial charge in [0.15, 0.2) is 0 Å². The van der Waals surface area contributed by atoms with Crippen molar-refractivity contribution in [3.05, 3.63) is 53.6 Å². The summed E-state index contributed by atoms with van der Waals surface area (Å²) in [5.74, 6) is 0.915. The minimum atomic E-state index is 0.634. The van der Waals surface area contributed by atoms with E-state index in [9.17, 15) is 0 Å². The number of hydrogen-bond acceptors (Lipinski definition) is 4. The largest absolute Gasteiger partial charge is 0.497 e. The van der Waals surface area contributed by atoms with Gasteiger partial charge < -0.3 is 4.74 Å². The molecule has 0 aromatic heterocycles. The molecule has 2 fully saturated rings. The van der Waals surface area contributed by atoms with Crippen LogP contribution in [0.4, 0.5) is 0 Å². The summed E-state index contributed by atoms with van der Waals surface area (Å²) in [6.45, 7) is 2.36. The molecule has 1 saturated heterocycles. The van der Waals surface area contributed by atoms with Crippen molar-refractivity contribution in [2.45, 2.75) is 66.8 Å². The first kappa shape index (κ1) is 21.3. The Labute approximate surface area is 185 Å². The van der Waals surface area contributed by atoms with Gasteiger partial charge in [0.2, 0.25) is 0 Å². The highest BCUT2D eigenvalue weighted by molar-refractivity contribution is 7.99. The van der Waals surface area contributed by atoms with Crippen LogP contribution in [0.25, 0.3) is 0 Å². The first-order valence-electron chi connectivity index (χ1n) is 11.1. The van der Waals surface area contributed by atoms with Crippen LogP contribution in [0.3, 0.4) is 0 Å². The number of nitrogens with zero attached hydrogens (tertiary/aromatic N) is 2. The maximum absolute atomic E-state index is 5.26. The highest BCUT2D eigenvalue weighted by Crippen LogP contribution is 2.41. The van der Waals surface area contributed by atoms with Gasteiger partial charge >= 0.3 is 0 Å². The van der Waals surface area contributed by atoms with E-state index in [0.717, 1.165) is 11.8 Å². The van der Waals surface area contributed by atoms with Gasteiger partial charge in [0.1, 0.15) is 5.75 Å². The van der Waals surface area contributed by atoms with Crippen molar-refractivity contribution in [3.63, 3.8) is 0 Å². The average molecular weight is 421 g/mol. The molecule has 3 nitrogen and oxygen atoms in total. The summed E-state index contributed by atoms with van der Waals surface area (Å²) in [4.78, 5) is 8.01.